The van der Waals surface area contributed by atoms with Gasteiger partial charge in [-0.05, 0) is 11.8 Å². The summed E-state index contributed by atoms with van der Waals surface area (Å²) >= 11 is 0. The maximum absolute atomic E-state index is 11.9. The van der Waals surface area contributed by atoms with Crippen molar-refractivity contribution in [3.63, 3.8) is 0 Å². The number of imidazole rings is 1. The Hall–Kier alpha value is -2.45. The van der Waals surface area contributed by atoms with Crippen LogP contribution in [-0.4, -0.2) is 51.5 Å². The lowest BCUT2D eigenvalue weighted by Crippen LogP contribution is -2.35. The number of aryl methyl sites for hydroxylation is 1. The summed E-state index contributed by atoms with van der Waals surface area (Å²) in [4.78, 5) is 38.3. The zero-order valence-corrected chi connectivity index (χ0v) is 11.5. The van der Waals surface area contributed by atoms with E-state index in [1.807, 2.05) is 0 Å². The van der Waals surface area contributed by atoms with Crippen molar-refractivity contribution in [1.82, 2.24) is 14.5 Å². The number of likely N-dealkylation sites (N-methyl/N-ethyl adjacent to an activating group) is 1. The van der Waals surface area contributed by atoms with Gasteiger partial charge in [0, 0.05) is 14.0 Å². The molecule has 1 aromatic rings. The Morgan fingerprint density at radius 2 is 2.20 bits per heavy atom. The summed E-state index contributed by atoms with van der Waals surface area (Å²) in [6.45, 7) is 3.00. The number of aromatic nitrogens is 2. The fourth-order valence-corrected chi connectivity index (χ4v) is 1.54. The Balaban J connectivity index is 2.73. The van der Waals surface area contributed by atoms with Crippen molar-refractivity contribution >= 4 is 17.7 Å². The molecule has 9 heteroatoms. The number of hydrogen-bond donors (Lipinski definition) is 0. The molecule has 0 fully saturated rings. The molecular weight excluding hydrogens is 268 g/mol. The van der Waals surface area contributed by atoms with Crippen LogP contribution in [0.15, 0.2) is 6.20 Å². The minimum atomic E-state index is -0.612. The standard InChI is InChI=1S/C11H16N4O5/c1-4-20-11(17)7-13(3)10(16)6-14-8(2)12-5-9(14)15(18)19/h5H,4,6-7H2,1-3H3. The highest BCUT2D eigenvalue weighted by Crippen LogP contribution is 2.13. The Kier molecular flexibility index (Phi) is 5.18. The molecule has 0 aromatic carbocycles. The van der Waals surface area contributed by atoms with Crippen molar-refractivity contribution in [2.45, 2.75) is 20.4 Å². The van der Waals surface area contributed by atoms with Gasteiger partial charge in [-0.1, -0.05) is 0 Å². The van der Waals surface area contributed by atoms with Crippen LogP contribution in [-0.2, 0) is 20.9 Å². The van der Waals surface area contributed by atoms with Crippen LogP contribution in [0.2, 0.25) is 0 Å². The van der Waals surface area contributed by atoms with E-state index in [0.717, 1.165) is 11.1 Å². The molecule has 0 saturated carbocycles. The first-order chi connectivity index (χ1) is 9.36. The van der Waals surface area contributed by atoms with Gasteiger partial charge in [0.05, 0.1) is 6.61 Å². The van der Waals surface area contributed by atoms with E-state index in [2.05, 4.69) is 4.98 Å². The molecule has 110 valence electrons. The Morgan fingerprint density at radius 1 is 1.55 bits per heavy atom. The number of carbonyl (C=O) groups excluding carboxylic acids is 2. The summed E-state index contributed by atoms with van der Waals surface area (Å²) in [7, 11) is 1.43. The zero-order valence-electron chi connectivity index (χ0n) is 11.5. The van der Waals surface area contributed by atoms with Gasteiger partial charge in [0.1, 0.15) is 12.7 Å². The van der Waals surface area contributed by atoms with Gasteiger partial charge in [-0.2, -0.15) is 0 Å². The molecule has 0 atom stereocenters. The van der Waals surface area contributed by atoms with Gasteiger partial charge >= 0.3 is 11.8 Å². The van der Waals surface area contributed by atoms with Crippen LogP contribution >= 0.6 is 0 Å². The van der Waals surface area contributed by atoms with E-state index in [1.165, 1.54) is 11.6 Å². The van der Waals surface area contributed by atoms with Gasteiger partial charge in [0.15, 0.2) is 12.4 Å². The normalized spacial score (nSPS) is 10.2. The first-order valence-corrected chi connectivity index (χ1v) is 5.92. The van der Waals surface area contributed by atoms with Gasteiger partial charge in [-0.25, -0.2) is 9.55 Å². The first kappa shape index (κ1) is 15.6. The Morgan fingerprint density at radius 3 is 2.75 bits per heavy atom. The number of carbonyl (C=O) groups is 2. The second-order valence-corrected chi connectivity index (χ2v) is 4.06. The van der Waals surface area contributed by atoms with Crippen molar-refractivity contribution in [1.29, 1.82) is 0 Å². The zero-order chi connectivity index (χ0) is 15.3. The molecule has 0 spiro atoms. The predicted molar refractivity (Wildman–Crippen MR) is 67.9 cm³/mol. The number of esters is 1. The lowest BCUT2D eigenvalue weighted by Gasteiger charge is -2.15. The molecule has 0 N–H and O–H groups in total. The second kappa shape index (κ2) is 6.64. The van der Waals surface area contributed by atoms with Crippen LogP contribution in [0, 0.1) is 17.0 Å². The quantitative estimate of drug-likeness (QED) is 0.417. The monoisotopic (exact) mass is 284 g/mol. The smallest absolute Gasteiger partial charge is 0.343 e. The molecule has 1 aromatic heterocycles. The van der Waals surface area contributed by atoms with E-state index in [9.17, 15) is 19.7 Å². The Labute approximate surface area is 115 Å². The molecular formula is C11H16N4O5. The average Bonchev–Trinajstić information content (AvgIpc) is 2.71. The summed E-state index contributed by atoms with van der Waals surface area (Å²) in [5, 5.41) is 10.8. The van der Waals surface area contributed by atoms with Crippen molar-refractivity contribution in [2.75, 3.05) is 20.2 Å². The van der Waals surface area contributed by atoms with Crippen LogP contribution in [0.4, 0.5) is 5.82 Å². The van der Waals surface area contributed by atoms with Crippen LogP contribution in [0.25, 0.3) is 0 Å². The minimum Gasteiger partial charge on any atom is -0.465 e. The number of amides is 1. The third-order valence-electron chi connectivity index (χ3n) is 2.61. The van der Waals surface area contributed by atoms with E-state index in [1.54, 1.807) is 13.8 Å². The van der Waals surface area contributed by atoms with E-state index < -0.39 is 16.8 Å². The summed E-state index contributed by atoms with van der Waals surface area (Å²) < 4.78 is 5.91. The van der Waals surface area contributed by atoms with Crippen LogP contribution in [0.3, 0.4) is 0 Å². The van der Waals surface area contributed by atoms with Gasteiger partial charge in [0.25, 0.3) is 5.91 Å². The molecule has 0 radical (unpaired) electrons. The van der Waals surface area contributed by atoms with Crippen LogP contribution < -0.4 is 0 Å². The molecule has 0 aliphatic heterocycles. The van der Waals surface area contributed by atoms with Crippen LogP contribution in [0.5, 0.6) is 0 Å². The molecule has 20 heavy (non-hydrogen) atoms. The van der Waals surface area contributed by atoms with Crippen molar-refractivity contribution < 1.29 is 19.2 Å². The van der Waals surface area contributed by atoms with Crippen molar-refractivity contribution in [3.8, 4) is 0 Å². The largest absolute Gasteiger partial charge is 0.465 e. The molecule has 1 rings (SSSR count). The molecule has 0 aliphatic carbocycles. The third kappa shape index (κ3) is 3.77. The fraction of sp³-hybridized carbons (Fsp3) is 0.545. The van der Waals surface area contributed by atoms with E-state index in [4.69, 9.17) is 4.74 Å². The minimum absolute atomic E-state index is 0.200. The second-order valence-electron chi connectivity index (χ2n) is 4.06. The molecule has 0 aliphatic rings. The summed E-state index contributed by atoms with van der Waals surface area (Å²) in [6, 6.07) is 0. The van der Waals surface area contributed by atoms with Crippen molar-refractivity contribution in [2.24, 2.45) is 0 Å². The molecule has 0 saturated heterocycles. The van der Waals surface area contributed by atoms with Crippen molar-refractivity contribution in [3.05, 3.63) is 22.1 Å². The summed E-state index contributed by atoms with van der Waals surface area (Å²) in [6.07, 6.45) is 1.09. The van der Waals surface area contributed by atoms with Gasteiger partial charge in [-0.3, -0.25) is 9.59 Å². The van der Waals surface area contributed by atoms with E-state index in [0.29, 0.717) is 5.82 Å². The predicted octanol–water partition coefficient (Wildman–Crippen LogP) is 0.121. The topological polar surface area (TPSA) is 108 Å². The van der Waals surface area contributed by atoms with E-state index >= 15 is 0 Å². The highest BCUT2D eigenvalue weighted by Gasteiger charge is 2.23. The number of hydrogen-bond acceptors (Lipinski definition) is 6. The summed E-state index contributed by atoms with van der Waals surface area (Å²) in [5.41, 5.74) is 0. The van der Waals surface area contributed by atoms with Gasteiger partial charge < -0.3 is 19.8 Å². The van der Waals surface area contributed by atoms with E-state index in [-0.39, 0.29) is 25.5 Å². The molecule has 1 amide bonds. The highest BCUT2D eigenvalue weighted by molar-refractivity contribution is 5.81. The van der Waals surface area contributed by atoms with Crippen LogP contribution in [0.1, 0.15) is 12.7 Å². The molecule has 0 unspecified atom stereocenters. The van der Waals surface area contributed by atoms with Gasteiger partial charge in [0.2, 0.25) is 0 Å². The third-order valence-corrected chi connectivity index (χ3v) is 2.61. The summed E-state index contributed by atoms with van der Waals surface area (Å²) in [5.74, 6) is -0.877. The first-order valence-electron chi connectivity index (χ1n) is 5.92. The number of nitro groups is 1. The maximum atomic E-state index is 11.9. The maximum Gasteiger partial charge on any atom is 0.343 e. The number of ether oxygens (including phenoxy) is 1. The molecule has 1 heterocycles. The molecule has 9 nitrogen and oxygen atoms in total. The number of rotatable bonds is 6. The van der Waals surface area contributed by atoms with Gasteiger partial charge in [-0.15, -0.1) is 0 Å². The average molecular weight is 284 g/mol. The Bertz CT molecular complexity index is 525. The fourth-order valence-electron chi connectivity index (χ4n) is 1.54. The SMILES string of the molecule is CCOC(=O)CN(C)C(=O)Cn1c([N+](=O)[O-])cnc1C. The lowest BCUT2D eigenvalue weighted by molar-refractivity contribution is -0.392. The lowest BCUT2D eigenvalue weighted by atomic mass is 10.4. The number of nitrogens with zero attached hydrogens (tertiary/aromatic N) is 4. The highest BCUT2D eigenvalue weighted by atomic mass is 16.6. The molecule has 0 bridgehead atoms.